The molecule has 0 fully saturated rings. The van der Waals surface area contributed by atoms with E-state index < -0.39 is 0 Å². The molecule has 21 heavy (non-hydrogen) atoms. The minimum Gasteiger partial charge on any atom is -0.457 e. The largest absolute Gasteiger partial charge is 0.457 e. The highest BCUT2D eigenvalue weighted by Crippen LogP contribution is 2.27. The lowest BCUT2D eigenvalue weighted by atomic mass is 10.2. The zero-order valence-electron chi connectivity index (χ0n) is 12.1. The third-order valence-corrected chi connectivity index (χ3v) is 3.46. The Morgan fingerprint density at radius 3 is 2.43 bits per heavy atom. The third kappa shape index (κ3) is 4.74. The SMILES string of the molecule is CCCNCc1ccc(Oc2ccc(CO)cc2)cc1Cl. The molecule has 2 aromatic carbocycles. The second kappa shape index (κ2) is 8.03. The molecular formula is C17H20ClNO2. The van der Waals surface area contributed by atoms with Crippen LogP contribution >= 0.6 is 11.6 Å². The summed E-state index contributed by atoms with van der Waals surface area (Å²) in [6.45, 7) is 3.91. The van der Waals surface area contributed by atoms with Gasteiger partial charge >= 0.3 is 0 Å². The van der Waals surface area contributed by atoms with Crippen molar-refractivity contribution < 1.29 is 9.84 Å². The number of hydrogen-bond donors (Lipinski definition) is 2. The maximum Gasteiger partial charge on any atom is 0.128 e. The molecule has 2 N–H and O–H groups in total. The van der Waals surface area contributed by atoms with Gasteiger partial charge in [0.15, 0.2) is 0 Å². The number of hydrogen-bond acceptors (Lipinski definition) is 3. The highest BCUT2D eigenvalue weighted by Gasteiger charge is 2.04. The molecule has 0 atom stereocenters. The zero-order valence-corrected chi connectivity index (χ0v) is 12.9. The van der Waals surface area contributed by atoms with Gasteiger partial charge in [0.05, 0.1) is 6.61 Å². The standard InChI is InChI=1S/C17H20ClNO2/c1-2-9-19-11-14-5-8-16(10-17(14)18)21-15-6-3-13(12-20)4-7-15/h3-8,10,19-20H,2,9,11-12H2,1H3. The summed E-state index contributed by atoms with van der Waals surface area (Å²) in [4.78, 5) is 0. The molecule has 2 rings (SSSR count). The quantitative estimate of drug-likeness (QED) is 0.756. The maximum atomic E-state index is 9.01. The predicted octanol–water partition coefficient (Wildman–Crippen LogP) is 4.12. The Morgan fingerprint density at radius 1 is 1.10 bits per heavy atom. The van der Waals surface area contributed by atoms with Crippen LogP contribution < -0.4 is 10.1 Å². The second-order valence-corrected chi connectivity index (χ2v) is 5.24. The lowest BCUT2D eigenvalue weighted by molar-refractivity contribution is 0.281. The molecule has 2 aromatic rings. The topological polar surface area (TPSA) is 41.5 Å². The molecule has 0 bridgehead atoms. The summed E-state index contributed by atoms with van der Waals surface area (Å²) in [5.74, 6) is 1.43. The number of halogens is 1. The molecule has 3 nitrogen and oxygen atoms in total. The molecule has 0 unspecified atom stereocenters. The number of nitrogens with one attached hydrogen (secondary N) is 1. The lowest BCUT2D eigenvalue weighted by Crippen LogP contribution is -2.13. The van der Waals surface area contributed by atoms with Gasteiger partial charge in [0.2, 0.25) is 0 Å². The molecule has 112 valence electrons. The van der Waals surface area contributed by atoms with Gasteiger partial charge in [-0.25, -0.2) is 0 Å². The molecule has 4 heteroatoms. The molecule has 0 amide bonds. The Bertz CT molecular complexity index is 570. The number of rotatable bonds is 7. The first kappa shape index (κ1) is 15.8. The monoisotopic (exact) mass is 305 g/mol. The summed E-state index contributed by atoms with van der Waals surface area (Å²) >= 11 is 6.27. The fraction of sp³-hybridized carbons (Fsp3) is 0.294. The first-order chi connectivity index (χ1) is 10.2. The molecule has 0 aliphatic carbocycles. The second-order valence-electron chi connectivity index (χ2n) is 4.83. The summed E-state index contributed by atoms with van der Waals surface area (Å²) in [5.41, 5.74) is 1.92. The van der Waals surface area contributed by atoms with E-state index in [1.165, 1.54) is 0 Å². The van der Waals surface area contributed by atoms with Crippen molar-refractivity contribution >= 4 is 11.6 Å². The Balaban J connectivity index is 2.01. The van der Waals surface area contributed by atoms with Crippen LogP contribution in [-0.4, -0.2) is 11.7 Å². The average Bonchev–Trinajstić information content (AvgIpc) is 2.50. The zero-order chi connectivity index (χ0) is 15.1. The van der Waals surface area contributed by atoms with Crippen molar-refractivity contribution in [3.05, 3.63) is 58.6 Å². The first-order valence-corrected chi connectivity index (χ1v) is 7.47. The lowest BCUT2D eigenvalue weighted by Gasteiger charge is -2.10. The van der Waals surface area contributed by atoms with E-state index in [0.29, 0.717) is 10.8 Å². The Morgan fingerprint density at radius 2 is 1.81 bits per heavy atom. The fourth-order valence-corrected chi connectivity index (χ4v) is 2.17. The van der Waals surface area contributed by atoms with Gasteiger partial charge in [-0.15, -0.1) is 0 Å². The smallest absolute Gasteiger partial charge is 0.128 e. The Labute approximate surface area is 130 Å². The van der Waals surface area contributed by atoms with Crippen molar-refractivity contribution in [2.45, 2.75) is 26.5 Å². The van der Waals surface area contributed by atoms with Crippen LogP contribution in [0.1, 0.15) is 24.5 Å². The molecule has 0 saturated carbocycles. The highest BCUT2D eigenvalue weighted by molar-refractivity contribution is 6.31. The maximum absolute atomic E-state index is 9.01. The van der Waals surface area contributed by atoms with Crippen LogP contribution in [0.2, 0.25) is 5.02 Å². The van der Waals surface area contributed by atoms with Crippen molar-refractivity contribution in [1.29, 1.82) is 0 Å². The Kier molecular flexibility index (Phi) is 6.05. The van der Waals surface area contributed by atoms with Gasteiger partial charge in [-0.3, -0.25) is 0 Å². The number of aliphatic hydroxyl groups is 1. The summed E-state index contributed by atoms with van der Waals surface area (Å²) in [6, 6.07) is 13.0. The predicted molar refractivity (Wildman–Crippen MR) is 85.9 cm³/mol. The van der Waals surface area contributed by atoms with Gasteiger partial charge in [0.25, 0.3) is 0 Å². The number of aliphatic hydroxyl groups excluding tert-OH is 1. The molecule has 0 aliphatic heterocycles. The van der Waals surface area contributed by atoms with E-state index in [9.17, 15) is 0 Å². The van der Waals surface area contributed by atoms with E-state index in [0.717, 1.165) is 36.4 Å². The van der Waals surface area contributed by atoms with E-state index in [1.54, 1.807) is 0 Å². The van der Waals surface area contributed by atoms with Crippen LogP contribution in [0.15, 0.2) is 42.5 Å². The molecule has 0 radical (unpaired) electrons. The van der Waals surface area contributed by atoms with Crippen LogP contribution in [-0.2, 0) is 13.2 Å². The highest BCUT2D eigenvalue weighted by atomic mass is 35.5. The fourth-order valence-electron chi connectivity index (χ4n) is 1.93. The van der Waals surface area contributed by atoms with Crippen molar-refractivity contribution in [2.24, 2.45) is 0 Å². The van der Waals surface area contributed by atoms with E-state index in [-0.39, 0.29) is 6.61 Å². The van der Waals surface area contributed by atoms with Crippen LogP contribution in [0, 0.1) is 0 Å². The van der Waals surface area contributed by atoms with E-state index in [2.05, 4.69) is 12.2 Å². The summed E-state index contributed by atoms with van der Waals surface area (Å²) in [6.07, 6.45) is 1.10. The van der Waals surface area contributed by atoms with Crippen molar-refractivity contribution in [2.75, 3.05) is 6.54 Å². The van der Waals surface area contributed by atoms with Gasteiger partial charge < -0.3 is 15.2 Å². The van der Waals surface area contributed by atoms with Gasteiger partial charge in [-0.05, 0) is 48.4 Å². The van der Waals surface area contributed by atoms with E-state index in [4.69, 9.17) is 21.4 Å². The minimum atomic E-state index is 0.0333. The van der Waals surface area contributed by atoms with Crippen LogP contribution in [0.4, 0.5) is 0 Å². The molecule has 0 aliphatic rings. The minimum absolute atomic E-state index is 0.0333. The van der Waals surface area contributed by atoms with Gasteiger partial charge in [-0.2, -0.15) is 0 Å². The van der Waals surface area contributed by atoms with Crippen molar-refractivity contribution in [3.8, 4) is 11.5 Å². The normalized spacial score (nSPS) is 10.6. The number of ether oxygens (including phenoxy) is 1. The first-order valence-electron chi connectivity index (χ1n) is 7.09. The van der Waals surface area contributed by atoms with Crippen molar-refractivity contribution in [3.63, 3.8) is 0 Å². The van der Waals surface area contributed by atoms with E-state index in [1.807, 2.05) is 42.5 Å². The average molecular weight is 306 g/mol. The number of benzene rings is 2. The van der Waals surface area contributed by atoms with Gasteiger partial charge in [0, 0.05) is 11.6 Å². The van der Waals surface area contributed by atoms with Crippen LogP contribution in [0.3, 0.4) is 0 Å². The van der Waals surface area contributed by atoms with Gasteiger partial charge in [-0.1, -0.05) is 36.7 Å². The summed E-state index contributed by atoms with van der Waals surface area (Å²) in [5, 5.41) is 13.0. The van der Waals surface area contributed by atoms with E-state index >= 15 is 0 Å². The Hall–Kier alpha value is -1.55. The summed E-state index contributed by atoms with van der Waals surface area (Å²) < 4.78 is 5.75. The van der Waals surface area contributed by atoms with Crippen LogP contribution in [0.5, 0.6) is 11.5 Å². The third-order valence-electron chi connectivity index (χ3n) is 3.11. The van der Waals surface area contributed by atoms with Gasteiger partial charge in [0.1, 0.15) is 11.5 Å². The molecule has 0 spiro atoms. The molecule has 0 heterocycles. The van der Waals surface area contributed by atoms with Crippen molar-refractivity contribution in [1.82, 2.24) is 5.32 Å². The van der Waals surface area contributed by atoms with Crippen LogP contribution in [0.25, 0.3) is 0 Å². The summed E-state index contributed by atoms with van der Waals surface area (Å²) in [7, 11) is 0. The molecule has 0 saturated heterocycles. The molecule has 0 aromatic heterocycles. The molecular weight excluding hydrogens is 286 g/mol.